The van der Waals surface area contributed by atoms with Gasteiger partial charge in [-0.3, -0.25) is 20.1 Å². The van der Waals surface area contributed by atoms with Crippen molar-refractivity contribution in [2.24, 2.45) is 0 Å². The average molecular weight is 476 g/mol. The molecule has 36 heavy (non-hydrogen) atoms. The monoisotopic (exact) mass is 475 g/mol. The number of rotatable bonds is 7. The van der Waals surface area contributed by atoms with Gasteiger partial charge in [-0.1, -0.05) is 12.1 Å². The second-order valence-corrected chi connectivity index (χ2v) is 8.93. The number of aromatic nitrogens is 6. The minimum atomic E-state index is 0.596. The molecule has 0 amide bonds. The molecule has 1 aromatic carbocycles. The third-order valence-electron chi connectivity index (χ3n) is 6.17. The lowest BCUT2D eigenvalue weighted by Gasteiger charge is -2.11. The highest BCUT2D eigenvalue weighted by Gasteiger charge is 2.15. The Bertz CT molecular complexity index is 1650. The fraction of sp³-hybridized carbons (Fsp3) is 0.143. The molecule has 0 saturated heterocycles. The van der Waals surface area contributed by atoms with Gasteiger partial charge in [-0.15, -0.1) is 0 Å². The van der Waals surface area contributed by atoms with Crippen molar-refractivity contribution in [2.45, 2.75) is 0 Å². The first-order valence-corrected chi connectivity index (χ1v) is 11.8. The number of pyridine rings is 3. The standard InChI is InChI=1S/C28H25N7O/c1-35(2)10-11-36-20-12-19(15-30-16-20)25-14-23-27(17-31-25)33-34-28(23)26-13-22-21(4-3-5-24(22)32-26)18-6-8-29-9-7-18/h3-9,12-17,32H,10-11H2,1-2H3,(H,33,34). The maximum Gasteiger partial charge on any atom is 0.138 e. The third kappa shape index (κ3) is 4.18. The highest BCUT2D eigenvalue weighted by molar-refractivity contribution is 6.01. The van der Waals surface area contributed by atoms with Crippen molar-refractivity contribution in [3.63, 3.8) is 0 Å². The first-order chi connectivity index (χ1) is 17.7. The molecule has 2 N–H and O–H groups in total. The van der Waals surface area contributed by atoms with Gasteiger partial charge in [0, 0.05) is 47.0 Å². The first-order valence-electron chi connectivity index (χ1n) is 11.8. The van der Waals surface area contributed by atoms with Gasteiger partial charge in [-0.2, -0.15) is 5.10 Å². The molecular weight excluding hydrogens is 450 g/mol. The summed E-state index contributed by atoms with van der Waals surface area (Å²) in [5.41, 5.74) is 7.68. The number of nitrogens with one attached hydrogen (secondary N) is 2. The molecule has 6 rings (SSSR count). The van der Waals surface area contributed by atoms with Crippen molar-refractivity contribution in [1.29, 1.82) is 0 Å². The Kier molecular flexibility index (Phi) is 5.63. The summed E-state index contributed by atoms with van der Waals surface area (Å²) in [6, 6.07) is 16.5. The normalized spacial score (nSPS) is 11.5. The van der Waals surface area contributed by atoms with Crippen LogP contribution in [0.25, 0.3) is 55.6 Å². The van der Waals surface area contributed by atoms with Crippen molar-refractivity contribution < 1.29 is 4.74 Å². The predicted octanol–water partition coefficient (Wildman–Crippen LogP) is 5.17. The summed E-state index contributed by atoms with van der Waals surface area (Å²) < 4.78 is 5.87. The van der Waals surface area contributed by atoms with E-state index in [0.717, 1.165) is 67.9 Å². The summed E-state index contributed by atoms with van der Waals surface area (Å²) in [6.07, 6.45) is 8.97. The van der Waals surface area contributed by atoms with Gasteiger partial charge in [0.2, 0.25) is 0 Å². The summed E-state index contributed by atoms with van der Waals surface area (Å²) in [4.78, 5) is 18.8. The van der Waals surface area contributed by atoms with Crippen LogP contribution in [0, 0.1) is 0 Å². The zero-order valence-corrected chi connectivity index (χ0v) is 20.1. The van der Waals surface area contributed by atoms with E-state index in [1.165, 1.54) is 0 Å². The van der Waals surface area contributed by atoms with Crippen molar-refractivity contribution >= 4 is 21.8 Å². The van der Waals surface area contributed by atoms with Gasteiger partial charge in [-0.25, -0.2) is 0 Å². The molecule has 0 saturated carbocycles. The van der Waals surface area contributed by atoms with Crippen molar-refractivity contribution in [1.82, 2.24) is 35.0 Å². The molecule has 178 valence electrons. The smallest absolute Gasteiger partial charge is 0.138 e. The van der Waals surface area contributed by atoms with E-state index in [1.807, 2.05) is 57.0 Å². The van der Waals surface area contributed by atoms with Gasteiger partial charge >= 0.3 is 0 Å². The lowest BCUT2D eigenvalue weighted by atomic mass is 10.0. The molecule has 0 aliphatic rings. The molecule has 8 nitrogen and oxygen atoms in total. The lowest BCUT2D eigenvalue weighted by Crippen LogP contribution is -2.19. The number of nitrogens with zero attached hydrogens (tertiary/aromatic N) is 5. The van der Waals surface area contributed by atoms with Gasteiger partial charge in [0.15, 0.2) is 0 Å². The fourth-order valence-corrected chi connectivity index (χ4v) is 4.33. The van der Waals surface area contributed by atoms with E-state index in [1.54, 1.807) is 12.4 Å². The Balaban J connectivity index is 1.38. The van der Waals surface area contributed by atoms with Gasteiger partial charge in [0.1, 0.15) is 18.1 Å². The highest BCUT2D eigenvalue weighted by Crippen LogP contribution is 2.34. The molecule has 0 radical (unpaired) electrons. The molecule has 0 aliphatic carbocycles. The van der Waals surface area contributed by atoms with Crippen molar-refractivity contribution in [3.8, 4) is 39.5 Å². The Morgan fingerprint density at radius 2 is 1.75 bits per heavy atom. The molecule has 8 heteroatoms. The van der Waals surface area contributed by atoms with E-state index >= 15 is 0 Å². The van der Waals surface area contributed by atoms with E-state index in [9.17, 15) is 0 Å². The van der Waals surface area contributed by atoms with Crippen molar-refractivity contribution in [2.75, 3.05) is 27.2 Å². The van der Waals surface area contributed by atoms with E-state index in [2.05, 4.69) is 59.3 Å². The van der Waals surface area contributed by atoms with Gasteiger partial charge in [-0.05, 0) is 61.6 Å². The molecular formula is C28H25N7O. The number of benzene rings is 1. The average Bonchev–Trinajstić information content (AvgIpc) is 3.53. The summed E-state index contributed by atoms with van der Waals surface area (Å²) in [6.45, 7) is 1.43. The van der Waals surface area contributed by atoms with Crippen LogP contribution in [0.4, 0.5) is 0 Å². The second-order valence-electron chi connectivity index (χ2n) is 8.93. The van der Waals surface area contributed by atoms with Gasteiger partial charge in [0.05, 0.1) is 29.3 Å². The Hall–Kier alpha value is -4.56. The summed E-state index contributed by atoms with van der Waals surface area (Å²) in [5.74, 6) is 0.725. The Labute approximate surface area is 208 Å². The SMILES string of the molecule is CN(C)CCOc1cncc(-c2cc3c(-c4cc5c(-c6ccncc6)cccc5[nH]4)n[nH]c3cn2)c1. The predicted molar refractivity (Wildman–Crippen MR) is 142 cm³/mol. The van der Waals surface area contributed by atoms with Crippen LogP contribution in [0.3, 0.4) is 0 Å². The zero-order chi connectivity index (χ0) is 24.5. The summed E-state index contributed by atoms with van der Waals surface area (Å²) >= 11 is 0. The number of hydrogen-bond donors (Lipinski definition) is 2. The van der Waals surface area contributed by atoms with Crippen LogP contribution >= 0.6 is 0 Å². The van der Waals surface area contributed by atoms with E-state index in [-0.39, 0.29) is 0 Å². The molecule has 0 unspecified atom stereocenters. The fourth-order valence-electron chi connectivity index (χ4n) is 4.33. The summed E-state index contributed by atoms with van der Waals surface area (Å²) in [7, 11) is 4.04. The van der Waals surface area contributed by atoms with Crippen LogP contribution in [0.5, 0.6) is 5.75 Å². The quantitative estimate of drug-likeness (QED) is 0.331. The maximum atomic E-state index is 5.87. The molecule has 5 heterocycles. The molecule has 5 aromatic heterocycles. The van der Waals surface area contributed by atoms with Gasteiger partial charge < -0.3 is 14.6 Å². The molecule has 0 fully saturated rings. The zero-order valence-electron chi connectivity index (χ0n) is 20.1. The molecule has 0 aliphatic heterocycles. The topological polar surface area (TPSA) is 95.6 Å². The van der Waals surface area contributed by atoms with Crippen LogP contribution in [0.1, 0.15) is 0 Å². The van der Waals surface area contributed by atoms with Crippen LogP contribution in [-0.4, -0.2) is 62.3 Å². The van der Waals surface area contributed by atoms with Crippen LogP contribution in [0.2, 0.25) is 0 Å². The largest absolute Gasteiger partial charge is 0.491 e. The number of fused-ring (bicyclic) bond motifs is 2. The number of H-pyrrole nitrogens is 2. The maximum absolute atomic E-state index is 5.87. The number of aromatic amines is 2. The molecule has 6 aromatic rings. The molecule has 0 bridgehead atoms. The van der Waals surface area contributed by atoms with Crippen LogP contribution < -0.4 is 4.74 Å². The van der Waals surface area contributed by atoms with Crippen LogP contribution in [0.15, 0.2) is 79.5 Å². The second kappa shape index (κ2) is 9.24. The van der Waals surface area contributed by atoms with Gasteiger partial charge in [0.25, 0.3) is 0 Å². The number of likely N-dealkylation sites (N-methyl/N-ethyl adjacent to an activating group) is 1. The highest BCUT2D eigenvalue weighted by atomic mass is 16.5. The molecule has 0 spiro atoms. The lowest BCUT2D eigenvalue weighted by molar-refractivity contribution is 0.261. The van der Waals surface area contributed by atoms with E-state index < -0.39 is 0 Å². The minimum absolute atomic E-state index is 0.596. The van der Waals surface area contributed by atoms with E-state index in [4.69, 9.17) is 4.74 Å². The minimum Gasteiger partial charge on any atom is -0.491 e. The number of ether oxygens (including phenoxy) is 1. The Morgan fingerprint density at radius 3 is 2.61 bits per heavy atom. The summed E-state index contributed by atoms with van der Waals surface area (Å²) in [5, 5.41) is 9.86. The number of hydrogen-bond acceptors (Lipinski definition) is 6. The first kappa shape index (κ1) is 21.9. The third-order valence-corrected chi connectivity index (χ3v) is 6.17. The van der Waals surface area contributed by atoms with E-state index in [0.29, 0.717) is 6.61 Å². The molecule has 0 atom stereocenters. The van der Waals surface area contributed by atoms with Crippen molar-refractivity contribution in [3.05, 3.63) is 79.5 Å². The van der Waals surface area contributed by atoms with Crippen LogP contribution in [-0.2, 0) is 0 Å². The Morgan fingerprint density at radius 1 is 0.861 bits per heavy atom.